The average Bonchev–Trinajstić information content (AvgIpc) is 2.35. The van der Waals surface area contributed by atoms with E-state index in [-0.39, 0.29) is 12.3 Å². The molecule has 0 heterocycles. The van der Waals surface area contributed by atoms with Gasteiger partial charge in [-0.1, -0.05) is 18.0 Å². The van der Waals surface area contributed by atoms with Crippen molar-refractivity contribution in [2.24, 2.45) is 0 Å². The average molecular weight is 274 g/mol. The van der Waals surface area contributed by atoms with Crippen molar-refractivity contribution in [2.75, 3.05) is 13.2 Å². The van der Waals surface area contributed by atoms with Crippen molar-refractivity contribution in [2.45, 2.75) is 25.7 Å². The zero-order valence-electron chi connectivity index (χ0n) is 9.97. The van der Waals surface area contributed by atoms with Gasteiger partial charge in [-0.15, -0.1) is 0 Å². The van der Waals surface area contributed by atoms with Crippen LogP contribution in [0.5, 0.6) is 5.75 Å². The lowest BCUT2D eigenvalue weighted by Gasteiger charge is -2.07. The summed E-state index contributed by atoms with van der Waals surface area (Å²) >= 11 is 5.88. The van der Waals surface area contributed by atoms with Gasteiger partial charge < -0.3 is 9.84 Å². The summed E-state index contributed by atoms with van der Waals surface area (Å²) in [6.45, 7) is 0.671. The Bertz CT molecular complexity index is 398. The molecule has 1 aromatic rings. The van der Waals surface area contributed by atoms with Gasteiger partial charge in [-0.25, -0.2) is 0 Å². The smallest absolute Gasteiger partial charge is 0.273 e. The maximum Gasteiger partial charge on any atom is 0.273 e. The van der Waals surface area contributed by atoms with E-state index in [2.05, 4.69) is 0 Å². The molecule has 0 fully saturated rings. The quantitative estimate of drug-likeness (QED) is 0.448. The third-order valence-electron chi connectivity index (χ3n) is 2.44. The van der Waals surface area contributed by atoms with E-state index in [1.54, 1.807) is 0 Å². The first-order valence-corrected chi connectivity index (χ1v) is 6.20. The number of nitro benzene ring substituents is 1. The number of hydrogen-bond acceptors (Lipinski definition) is 4. The van der Waals surface area contributed by atoms with Crippen LogP contribution in [0.4, 0.5) is 5.69 Å². The Balaban J connectivity index is 2.41. The second-order valence-electron chi connectivity index (χ2n) is 3.86. The van der Waals surface area contributed by atoms with Crippen LogP contribution in [-0.2, 0) is 0 Å². The number of aliphatic hydroxyl groups is 1. The molecule has 1 aromatic carbocycles. The molecule has 0 aliphatic carbocycles. The lowest BCUT2D eigenvalue weighted by molar-refractivity contribution is -0.384. The predicted molar refractivity (Wildman–Crippen MR) is 69.2 cm³/mol. The maximum atomic E-state index is 10.6. The number of hydrogen-bond donors (Lipinski definition) is 1. The summed E-state index contributed by atoms with van der Waals surface area (Å²) in [5, 5.41) is 19.6. The molecule has 0 saturated carbocycles. The van der Waals surface area contributed by atoms with Gasteiger partial charge in [-0.3, -0.25) is 10.1 Å². The molecule has 0 bridgehead atoms. The van der Waals surface area contributed by atoms with E-state index < -0.39 is 4.92 Å². The van der Waals surface area contributed by atoms with Crippen molar-refractivity contribution in [1.29, 1.82) is 0 Å². The van der Waals surface area contributed by atoms with E-state index in [0.29, 0.717) is 17.4 Å². The fourth-order valence-corrected chi connectivity index (χ4v) is 1.64. The molecule has 0 aliphatic rings. The topological polar surface area (TPSA) is 72.6 Å². The van der Waals surface area contributed by atoms with E-state index in [0.717, 1.165) is 25.7 Å². The summed E-state index contributed by atoms with van der Waals surface area (Å²) < 4.78 is 5.41. The third-order valence-corrected chi connectivity index (χ3v) is 2.75. The van der Waals surface area contributed by atoms with Gasteiger partial charge in [0.1, 0.15) is 5.75 Å². The first-order valence-electron chi connectivity index (χ1n) is 5.82. The number of halogens is 1. The van der Waals surface area contributed by atoms with Gasteiger partial charge in [0, 0.05) is 12.7 Å². The normalized spacial score (nSPS) is 10.3. The molecule has 0 radical (unpaired) electrons. The van der Waals surface area contributed by atoms with Crippen LogP contribution < -0.4 is 4.74 Å². The molecule has 5 nitrogen and oxygen atoms in total. The third kappa shape index (κ3) is 4.89. The molecule has 1 N–H and O–H groups in total. The van der Waals surface area contributed by atoms with Crippen LogP contribution in [-0.4, -0.2) is 23.2 Å². The molecule has 18 heavy (non-hydrogen) atoms. The van der Waals surface area contributed by atoms with Crippen LogP contribution >= 0.6 is 11.6 Å². The zero-order chi connectivity index (χ0) is 13.4. The lowest BCUT2D eigenvalue weighted by Crippen LogP contribution is -1.99. The molecule has 1 rings (SSSR count). The number of nitro groups is 1. The molecule has 0 unspecified atom stereocenters. The second kappa shape index (κ2) is 7.89. The number of unbranched alkanes of at least 4 members (excludes halogenated alkanes) is 3. The molecule has 100 valence electrons. The van der Waals surface area contributed by atoms with Gasteiger partial charge in [0.05, 0.1) is 22.6 Å². The molecule has 0 aromatic heterocycles. The highest BCUT2D eigenvalue weighted by Gasteiger charge is 2.10. The number of benzene rings is 1. The van der Waals surface area contributed by atoms with Crippen LogP contribution in [0.2, 0.25) is 5.02 Å². The first kappa shape index (κ1) is 14.7. The summed E-state index contributed by atoms with van der Waals surface area (Å²) in [6.07, 6.45) is 3.52. The van der Waals surface area contributed by atoms with Crippen molar-refractivity contribution >= 4 is 17.3 Å². The van der Waals surface area contributed by atoms with Crippen LogP contribution in [0, 0.1) is 10.1 Å². The van der Waals surface area contributed by atoms with Gasteiger partial charge in [0.25, 0.3) is 5.69 Å². The van der Waals surface area contributed by atoms with Crippen LogP contribution in [0.1, 0.15) is 25.7 Å². The van der Waals surface area contributed by atoms with Crippen LogP contribution in [0.3, 0.4) is 0 Å². The van der Waals surface area contributed by atoms with Crippen LogP contribution in [0.15, 0.2) is 18.2 Å². The summed E-state index contributed by atoms with van der Waals surface area (Å²) in [5.74, 6) is 0.341. The van der Waals surface area contributed by atoms with Gasteiger partial charge in [-0.05, 0) is 25.3 Å². The Morgan fingerprint density at radius 1 is 1.28 bits per heavy atom. The standard InChI is InChI=1S/C12H16ClNO4/c13-11-6-5-10(14(16)17)9-12(11)18-8-4-2-1-3-7-15/h5-6,9,15H,1-4,7-8H2. The maximum absolute atomic E-state index is 10.6. The number of ether oxygens (including phenoxy) is 1. The largest absolute Gasteiger partial charge is 0.492 e. The molecule has 0 saturated heterocycles. The highest BCUT2D eigenvalue weighted by molar-refractivity contribution is 6.32. The van der Waals surface area contributed by atoms with Crippen LogP contribution in [0.25, 0.3) is 0 Å². The van der Waals surface area contributed by atoms with Gasteiger partial charge in [-0.2, -0.15) is 0 Å². The Labute approximate surface area is 110 Å². The summed E-state index contributed by atoms with van der Waals surface area (Å²) in [6, 6.07) is 4.13. The molecule has 0 amide bonds. The second-order valence-corrected chi connectivity index (χ2v) is 4.27. The summed E-state index contributed by atoms with van der Waals surface area (Å²) in [5.41, 5.74) is -0.0327. The molecular formula is C12H16ClNO4. The van der Waals surface area contributed by atoms with E-state index in [1.165, 1.54) is 18.2 Å². The van der Waals surface area contributed by atoms with Crippen molar-refractivity contribution in [3.63, 3.8) is 0 Å². The fraction of sp³-hybridized carbons (Fsp3) is 0.500. The monoisotopic (exact) mass is 273 g/mol. The van der Waals surface area contributed by atoms with Gasteiger partial charge in [0.15, 0.2) is 0 Å². The fourth-order valence-electron chi connectivity index (χ4n) is 1.47. The molecule has 0 aliphatic heterocycles. The Morgan fingerprint density at radius 3 is 2.67 bits per heavy atom. The predicted octanol–water partition coefficient (Wildman–Crippen LogP) is 3.18. The van der Waals surface area contributed by atoms with E-state index in [1.807, 2.05) is 0 Å². The molecule has 0 atom stereocenters. The first-order chi connectivity index (χ1) is 8.65. The number of non-ortho nitro benzene ring substituents is 1. The van der Waals surface area contributed by atoms with Gasteiger partial charge >= 0.3 is 0 Å². The molecule has 0 spiro atoms. The van der Waals surface area contributed by atoms with E-state index >= 15 is 0 Å². The number of rotatable bonds is 8. The summed E-state index contributed by atoms with van der Waals surface area (Å²) in [4.78, 5) is 10.1. The van der Waals surface area contributed by atoms with Crippen molar-refractivity contribution < 1.29 is 14.8 Å². The Hall–Kier alpha value is -1.33. The molecule has 6 heteroatoms. The Morgan fingerprint density at radius 2 is 2.00 bits per heavy atom. The summed E-state index contributed by atoms with van der Waals surface area (Å²) in [7, 11) is 0. The molecular weight excluding hydrogens is 258 g/mol. The Kier molecular flexibility index (Phi) is 6.46. The minimum Gasteiger partial charge on any atom is -0.492 e. The van der Waals surface area contributed by atoms with E-state index in [9.17, 15) is 10.1 Å². The van der Waals surface area contributed by atoms with Crippen molar-refractivity contribution in [3.8, 4) is 5.75 Å². The number of aliphatic hydroxyl groups excluding tert-OH is 1. The van der Waals surface area contributed by atoms with E-state index in [4.69, 9.17) is 21.4 Å². The minimum atomic E-state index is -0.482. The zero-order valence-corrected chi connectivity index (χ0v) is 10.7. The highest BCUT2D eigenvalue weighted by Crippen LogP contribution is 2.28. The lowest BCUT2D eigenvalue weighted by atomic mass is 10.2. The van der Waals surface area contributed by atoms with Gasteiger partial charge in [0.2, 0.25) is 0 Å². The SMILES string of the molecule is O=[N+]([O-])c1ccc(Cl)c(OCCCCCCO)c1. The van der Waals surface area contributed by atoms with Crippen molar-refractivity contribution in [3.05, 3.63) is 33.3 Å². The highest BCUT2D eigenvalue weighted by atomic mass is 35.5. The minimum absolute atomic E-state index is 0.0327. The number of nitrogens with zero attached hydrogens (tertiary/aromatic N) is 1. The van der Waals surface area contributed by atoms with Crippen molar-refractivity contribution in [1.82, 2.24) is 0 Å².